The van der Waals surface area contributed by atoms with Crippen molar-refractivity contribution in [3.05, 3.63) is 35.4 Å². The Labute approximate surface area is 187 Å². The minimum absolute atomic E-state index is 0.0300. The van der Waals surface area contributed by atoms with E-state index in [0.717, 1.165) is 70.8 Å². The molecule has 0 saturated carbocycles. The van der Waals surface area contributed by atoms with E-state index < -0.39 is 0 Å². The third-order valence-electron chi connectivity index (χ3n) is 5.86. The number of nitrogens with two attached hydrogens (primary N) is 1. The number of guanidine groups is 1. The first-order valence-corrected chi connectivity index (χ1v) is 11.8. The number of carbonyl (C=O) groups is 1. The number of likely N-dealkylation sites (tertiary alicyclic amines) is 1. The second kappa shape index (κ2) is 14.0. The predicted molar refractivity (Wildman–Crippen MR) is 127 cm³/mol. The average Bonchev–Trinajstić information content (AvgIpc) is 2.76. The van der Waals surface area contributed by atoms with Crippen LogP contribution >= 0.6 is 0 Å². The van der Waals surface area contributed by atoms with Crippen LogP contribution in [-0.2, 0) is 17.9 Å². The van der Waals surface area contributed by atoms with Gasteiger partial charge in [-0.2, -0.15) is 0 Å². The predicted octanol–water partition coefficient (Wildman–Crippen LogP) is 2.24. The number of rotatable bonds is 12. The summed E-state index contributed by atoms with van der Waals surface area (Å²) in [5.41, 5.74) is 7.91. The van der Waals surface area contributed by atoms with Gasteiger partial charge in [0.05, 0.1) is 12.5 Å². The van der Waals surface area contributed by atoms with Crippen LogP contribution in [0, 0.1) is 11.8 Å². The van der Waals surface area contributed by atoms with Gasteiger partial charge in [0.1, 0.15) is 0 Å². The Morgan fingerprint density at radius 2 is 2.10 bits per heavy atom. The van der Waals surface area contributed by atoms with E-state index in [-0.39, 0.29) is 18.4 Å². The van der Waals surface area contributed by atoms with Gasteiger partial charge in [0.15, 0.2) is 5.96 Å². The molecule has 0 radical (unpaired) electrons. The van der Waals surface area contributed by atoms with Gasteiger partial charge in [0.2, 0.25) is 5.91 Å². The Balaban J connectivity index is 1.94. The van der Waals surface area contributed by atoms with E-state index in [2.05, 4.69) is 53.6 Å². The van der Waals surface area contributed by atoms with Gasteiger partial charge >= 0.3 is 0 Å². The Hall–Kier alpha value is -2.12. The van der Waals surface area contributed by atoms with Crippen molar-refractivity contribution >= 4 is 11.9 Å². The highest BCUT2D eigenvalue weighted by atomic mass is 16.3. The maximum absolute atomic E-state index is 11.5. The zero-order chi connectivity index (χ0) is 22.5. The molecule has 1 aliphatic rings. The second-order valence-electron chi connectivity index (χ2n) is 8.54. The summed E-state index contributed by atoms with van der Waals surface area (Å²) in [6, 6.07) is 8.51. The summed E-state index contributed by atoms with van der Waals surface area (Å²) in [4.78, 5) is 18.6. The number of nitrogens with one attached hydrogen (secondary N) is 2. The highest BCUT2D eigenvalue weighted by Gasteiger charge is 2.23. The minimum Gasteiger partial charge on any atom is -0.396 e. The number of primary amides is 1. The van der Waals surface area contributed by atoms with Crippen LogP contribution in [0.1, 0.15) is 57.1 Å². The van der Waals surface area contributed by atoms with Gasteiger partial charge in [0.25, 0.3) is 0 Å². The molecule has 1 fully saturated rings. The van der Waals surface area contributed by atoms with Crippen LogP contribution in [-0.4, -0.2) is 54.7 Å². The first-order valence-electron chi connectivity index (χ1n) is 11.8. The molecule has 5 N–H and O–H groups in total. The number of piperidine rings is 1. The molecule has 1 aromatic carbocycles. The van der Waals surface area contributed by atoms with Crippen LogP contribution in [0.15, 0.2) is 29.3 Å². The number of hydrogen-bond acceptors (Lipinski definition) is 4. The smallest absolute Gasteiger partial charge is 0.221 e. The summed E-state index contributed by atoms with van der Waals surface area (Å²) in [7, 11) is 0. The molecule has 7 heteroatoms. The van der Waals surface area contributed by atoms with Crippen LogP contribution < -0.4 is 16.4 Å². The molecular weight excluding hydrogens is 390 g/mol. The number of aliphatic hydroxyl groups is 1. The Kier molecular flexibility index (Phi) is 11.4. The molecule has 0 bridgehead atoms. The van der Waals surface area contributed by atoms with E-state index in [1.54, 1.807) is 0 Å². The number of carbonyl (C=O) groups excluding carboxylic acids is 1. The van der Waals surface area contributed by atoms with Crippen molar-refractivity contribution in [3.63, 3.8) is 0 Å². The minimum atomic E-state index is -0.184. The molecule has 2 unspecified atom stereocenters. The van der Waals surface area contributed by atoms with Crippen molar-refractivity contribution in [2.24, 2.45) is 22.6 Å². The van der Waals surface area contributed by atoms with Gasteiger partial charge in [-0.15, -0.1) is 0 Å². The van der Waals surface area contributed by atoms with Gasteiger partial charge in [0, 0.05) is 32.8 Å². The molecule has 2 rings (SSSR count). The molecule has 31 heavy (non-hydrogen) atoms. The maximum atomic E-state index is 11.5. The van der Waals surface area contributed by atoms with Gasteiger partial charge < -0.3 is 21.5 Å². The molecule has 0 spiro atoms. The second-order valence-corrected chi connectivity index (χ2v) is 8.54. The number of aliphatic hydroxyl groups excluding tert-OH is 1. The summed E-state index contributed by atoms with van der Waals surface area (Å²) in [6.07, 6.45) is 4.95. The van der Waals surface area contributed by atoms with Gasteiger partial charge in [-0.1, -0.05) is 37.6 Å². The van der Waals surface area contributed by atoms with Crippen molar-refractivity contribution in [1.82, 2.24) is 15.5 Å². The van der Waals surface area contributed by atoms with Crippen LogP contribution in [0.5, 0.6) is 0 Å². The molecule has 1 heterocycles. The Bertz CT molecular complexity index is 688. The molecule has 7 nitrogen and oxygen atoms in total. The van der Waals surface area contributed by atoms with E-state index in [4.69, 9.17) is 10.7 Å². The summed E-state index contributed by atoms with van der Waals surface area (Å²) in [5.74, 6) is 1.05. The van der Waals surface area contributed by atoms with Crippen LogP contribution in [0.2, 0.25) is 0 Å². The highest BCUT2D eigenvalue weighted by Crippen LogP contribution is 2.19. The monoisotopic (exact) mass is 431 g/mol. The first-order chi connectivity index (χ1) is 15.0. The summed E-state index contributed by atoms with van der Waals surface area (Å²) >= 11 is 0. The molecule has 0 aromatic heterocycles. The molecule has 0 aliphatic carbocycles. The lowest BCUT2D eigenvalue weighted by molar-refractivity contribution is -0.123. The Morgan fingerprint density at radius 1 is 1.29 bits per heavy atom. The van der Waals surface area contributed by atoms with Crippen molar-refractivity contribution in [2.45, 2.75) is 59.0 Å². The topological polar surface area (TPSA) is 103 Å². The maximum Gasteiger partial charge on any atom is 0.221 e. The average molecular weight is 432 g/mol. The van der Waals surface area contributed by atoms with E-state index >= 15 is 0 Å². The number of benzene rings is 1. The first kappa shape index (κ1) is 25.1. The lowest BCUT2D eigenvalue weighted by Gasteiger charge is -2.31. The SMILES string of the molecule is CCCC(CCO)CNC(=NCc1cccc(CN2CCCC(C(N)=O)C2)c1)NCC. The third-order valence-corrected chi connectivity index (χ3v) is 5.86. The van der Waals surface area contributed by atoms with Crippen molar-refractivity contribution in [3.8, 4) is 0 Å². The largest absolute Gasteiger partial charge is 0.396 e. The van der Waals surface area contributed by atoms with E-state index in [0.29, 0.717) is 12.5 Å². The van der Waals surface area contributed by atoms with Crippen molar-refractivity contribution in [1.29, 1.82) is 0 Å². The van der Waals surface area contributed by atoms with Gasteiger partial charge in [-0.05, 0) is 56.2 Å². The fourth-order valence-corrected chi connectivity index (χ4v) is 4.21. The van der Waals surface area contributed by atoms with E-state index in [9.17, 15) is 9.90 Å². The number of aliphatic imine (C=N–C) groups is 1. The lowest BCUT2D eigenvalue weighted by atomic mass is 9.97. The summed E-state index contributed by atoms with van der Waals surface area (Å²) in [5, 5.41) is 16.0. The molecule has 1 amide bonds. The summed E-state index contributed by atoms with van der Waals surface area (Å²) in [6.45, 7) is 9.28. The van der Waals surface area contributed by atoms with Crippen LogP contribution in [0.3, 0.4) is 0 Å². The molecule has 2 atom stereocenters. The number of amides is 1. The molecule has 1 saturated heterocycles. The highest BCUT2D eigenvalue weighted by molar-refractivity contribution is 5.79. The van der Waals surface area contributed by atoms with Crippen molar-refractivity contribution < 1.29 is 9.90 Å². The number of nitrogens with zero attached hydrogens (tertiary/aromatic N) is 2. The lowest BCUT2D eigenvalue weighted by Crippen LogP contribution is -2.40. The fourth-order valence-electron chi connectivity index (χ4n) is 4.21. The van der Waals surface area contributed by atoms with Crippen molar-refractivity contribution in [2.75, 3.05) is 32.8 Å². The zero-order valence-corrected chi connectivity index (χ0v) is 19.3. The molecule has 174 valence electrons. The van der Waals surface area contributed by atoms with Crippen LogP contribution in [0.4, 0.5) is 0 Å². The molecular formula is C24H41N5O2. The zero-order valence-electron chi connectivity index (χ0n) is 19.3. The standard InChI is InChI=1S/C24H41N5O2/c1-3-7-19(11-13-30)15-27-24(26-4-2)28-16-20-8-5-9-21(14-20)17-29-12-6-10-22(18-29)23(25)31/h5,8-9,14,19,22,30H,3-4,6-7,10-13,15-18H2,1-2H3,(H2,25,31)(H2,26,27,28). The number of hydrogen-bond donors (Lipinski definition) is 4. The van der Waals surface area contributed by atoms with Gasteiger partial charge in [-0.3, -0.25) is 9.69 Å². The molecule has 1 aromatic rings. The van der Waals surface area contributed by atoms with E-state index in [1.807, 2.05) is 0 Å². The summed E-state index contributed by atoms with van der Waals surface area (Å²) < 4.78 is 0. The normalized spacial score (nSPS) is 18.5. The Morgan fingerprint density at radius 3 is 2.81 bits per heavy atom. The quantitative estimate of drug-likeness (QED) is 0.300. The van der Waals surface area contributed by atoms with E-state index in [1.165, 1.54) is 11.1 Å². The van der Waals surface area contributed by atoms with Crippen LogP contribution in [0.25, 0.3) is 0 Å². The van der Waals surface area contributed by atoms with Gasteiger partial charge in [-0.25, -0.2) is 4.99 Å². The third kappa shape index (κ3) is 9.27. The molecule has 1 aliphatic heterocycles. The fraction of sp³-hybridized carbons (Fsp3) is 0.667.